The van der Waals surface area contributed by atoms with Crippen LogP contribution in [0, 0.1) is 0 Å². The molecule has 19 heavy (non-hydrogen) atoms. The second-order valence-corrected chi connectivity index (χ2v) is 4.77. The van der Waals surface area contributed by atoms with Gasteiger partial charge in [-0.1, -0.05) is 22.0 Å². The number of allylic oxidation sites excluding steroid dienone is 2. The van der Waals surface area contributed by atoms with E-state index in [1.54, 1.807) is 12.2 Å². The number of aromatic nitrogens is 1. The molecule has 2 rings (SSSR count). The highest BCUT2D eigenvalue weighted by molar-refractivity contribution is 9.10. The summed E-state index contributed by atoms with van der Waals surface area (Å²) in [6.07, 6.45) is 4.83. The molecule has 0 spiro atoms. The van der Waals surface area contributed by atoms with Crippen molar-refractivity contribution in [1.82, 2.24) is 4.98 Å². The number of carboxylic acids is 1. The Bertz CT molecular complexity index is 670. The van der Waals surface area contributed by atoms with Crippen LogP contribution in [0.3, 0.4) is 0 Å². The van der Waals surface area contributed by atoms with Gasteiger partial charge in [0.05, 0.1) is 7.11 Å². The Kier molecular flexibility index (Phi) is 4.06. The van der Waals surface area contributed by atoms with E-state index in [0.29, 0.717) is 0 Å². The first-order valence-electron chi connectivity index (χ1n) is 5.54. The second kappa shape index (κ2) is 5.75. The number of H-pyrrole nitrogens is 1. The van der Waals surface area contributed by atoms with E-state index in [-0.39, 0.29) is 5.76 Å². The molecule has 4 nitrogen and oxygen atoms in total. The predicted octanol–water partition coefficient (Wildman–Crippen LogP) is 3.56. The van der Waals surface area contributed by atoms with Crippen LogP contribution >= 0.6 is 15.9 Å². The molecule has 0 saturated carbocycles. The summed E-state index contributed by atoms with van der Waals surface area (Å²) in [5.41, 5.74) is 1.92. The average molecular weight is 322 g/mol. The van der Waals surface area contributed by atoms with Crippen molar-refractivity contribution in [3.63, 3.8) is 0 Å². The molecule has 0 aliphatic heterocycles. The maximum atomic E-state index is 10.7. The molecule has 0 aliphatic carbocycles. The summed E-state index contributed by atoms with van der Waals surface area (Å²) < 4.78 is 5.73. The number of fused-ring (bicyclic) bond motifs is 1. The highest BCUT2D eigenvalue weighted by atomic mass is 79.9. The fourth-order valence-corrected chi connectivity index (χ4v) is 2.06. The van der Waals surface area contributed by atoms with Crippen LogP contribution in [0.4, 0.5) is 0 Å². The van der Waals surface area contributed by atoms with Crippen molar-refractivity contribution in [3.05, 3.63) is 52.3 Å². The minimum atomic E-state index is -1.09. The third-order valence-electron chi connectivity index (χ3n) is 2.56. The standard InChI is InChI=1S/C14H12BrNO3/c1-19-13(14(17)18)4-2-3-11-8-9-7-10(15)5-6-12(9)16-11/h2-8,16H,1H3,(H,17,18)/b3-2+,13-4+. The van der Waals surface area contributed by atoms with Gasteiger partial charge < -0.3 is 14.8 Å². The number of nitrogens with one attached hydrogen (secondary N) is 1. The number of aromatic amines is 1. The summed E-state index contributed by atoms with van der Waals surface area (Å²) in [6.45, 7) is 0. The van der Waals surface area contributed by atoms with Crippen molar-refractivity contribution in [2.24, 2.45) is 0 Å². The summed E-state index contributed by atoms with van der Waals surface area (Å²) in [7, 11) is 1.33. The number of halogens is 1. The molecule has 0 unspecified atom stereocenters. The normalized spacial score (nSPS) is 12.2. The number of carboxylic acid groups (broad SMARTS) is 1. The average Bonchev–Trinajstić information content (AvgIpc) is 2.75. The molecule has 0 fully saturated rings. The van der Waals surface area contributed by atoms with E-state index in [2.05, 4.69) is 20.9 Å². The van der Waals surface area contributed by atoms with Gasteiger partial charge in [-0.05, 0) is 36.4 Å². The molecule has 0 amide bonds. The highest BCUT2D eigenvalue weighted by Gasteiger charge is 2.03. The van der Waals surface area contributed by atoms with Crippen LogP contribution in [-0.4, -0.2) is 23.2 Å². The quantitative estimate of drug-likeness (QED) is 0.514. The number of methoxy groups -OCH3 is 1. The second-order valence-electron chi connectivity index (χ2n) is 3.86. The fraction of sp³-hybridized carbons (Fsp3) is 0.0714. The Labute approximate surface area is 118 Å². The van der Waals surface area contributed by atoms with E-state index in [1.165, 1.54) is 13.2 Å². The molecule has 0 aliphatic rings. The molecule has 98 valence electrons. The number of rotatable bonds is 4. The van der Waals surface area contributed by atoms with Crippen molar-refractivity contribution in [3.8, 4) is 0 Å². The van der Waals surface area contributed by atoms with Gasteiger partial charge in [0.15, 0.2) is 0 Å². The van der Waals surface area contributed by atoms with Gasteiger partial charge in [-0.15, -0.1) is 0 Å². The third-order valence-corrected chi connectivity index (χ3v) is 3.05. The SMILES string of the molecule is CO/C(=C/C=C/c1cc2cc(Br)ccc2[nH]1)C(=O)O. The zero-order valence-electron chi connectivity index (χ0n) is 10.2. The number of carbonyl (C=O) groups is 1. The Balaban J connectivity index is 2.24. The third kappa shape index (κ3) is 3.26. The summed E-state index contributed by atoms with van der Waals surface area (Å²) in [5.74, 6) is -1.19. The molecule has 1 aromatic carbocycles. The molecule has 2 aromatic rings. The first-order valence-corrected chi connectivity index (χ1v) is 6.33. The van der Waals surface area contributed by atoms with Crippen LogP contribution in [0.5, 0.6) is 0 Å². The summed E-state index contributed by atoms with van der Waals surface area (Å²) in [6, 6.07) is 7.93. The van der Waals surface area contributed by atoms with Gasteiger partial charge in [-0.2, -0.15) is 0 Å². The Morgan fingerprint density at radius 1 is 1.42 bits per heavy atom. The maximum Gasteiger partial charge on any atom is 0.371 e. The lowest BCUT2D eigenvalue weighted by atomic mass is 10.2. The van der Waals surface area contributed by atoms with Crippen LogP contribution in [-0.2, 0) is 9.53 Å². The lowest BCUT2D eigenvalue weighted by Gasteiger charge is -1.96. The number of benzene rings is 1. The van der Waals surface area contributed by atoms with Crippen molar-refractivity contribution in [2.45, 2.75) is 0 Å². The van der Waals surface area contributed by atoms with E-state index in [1.807, 2.05) is 24.3 Å². The van der Waals surface area contributed by atoms with Gasteiger partial charge in [0.1, 0.15) is 0 Å². The lowest BCUT2D eigenvalue weighted by Crippen LogP contribution is -2.01. The summed E-state index contributed by atoms with van der Waals surface area (Å²) in [5, 5.41) is 9.86. The van der Waals surface area contributed by atoms with Crippen LogP contribution in [0.15, 0.2) is 46.6 Å². The molecule has 1 aromatic heterocycles. The van der Waals surface area contributed by atoms with Gasteiger partial charge >= 0.3 is 5.97 Å². The van der Waals surface area contributed by atoms with Crippen molar-refractivity contribution >= 4 is 38.9 Å². The fourth-order valence-electron chi connectivity index (χ4n) is 1.68. The Morgan fingerprint density at radius 2 is 2.21 bits per heavy atom. The van der Waals surface area contributed by atoms with Crippen molar-refractivity contribution < 1.29 is 14.6 Å². The van der Waals surface area contributed by atoms with E-state index in [9.17, 15) is 4.79 Å². The highest BCUT2D eigenvalue weighted by Crippen LogP contribution is 2.21. The van der Waals surface area contributed by atoms with Crippen LogP contribution in [0.2, 0.25) is 0 Å². The Hall–Kier alpha value is -2.01. The minimum Gasteiger partial charge on any atom is -0.490 e. The zero-order valence-corrected chi connectivity index (χ0v) is 11.8. The molecule has 0 bridgehead atoms. The maximum absolute atomic E-state index is 10.7. The topological polar surface area (TPSA) is 62.3 Å². The molecule has 0 atom stereocenters. The molecular weight excluding hydrogens is 310 g/mol. The number of ether oxygens (including phenoxy) is 1. The summed E-state index contributed by atoms with van der Waals surface area (Å²) in [4.78, 5) is 13.9. The zero-order chi connectivity index (χ0) is 13.8. The molecule has 0 saturated heterocycles. The van der Waals surface area contributed by atoms with Gasteiger partial charge in [0.2, 0.25) is 5.76 Å². The van der Waals surface area contributed by atoms with Crippen LogP contribution in [0.1, 0.15) is 5.69 Å². The molecule has 0 radical (unpaired) electrons. The van der Waals surface area contributed by atoms with E-state index in [4.69, 9.17) is 9.84 Å². The smallest absolute Gasteiger partial charge is 0.371 e. The monoisotopic (exact) mass is 321 g/mol. The lowest BCUT2D eigenvalue weighted by molar-refractivity contribution is -0.136. The van der Waals surface area contributed by atoms with Crippen molar-refractivity contribution in [2.75, 3.05) is 7.11 Å². The van der Waals surface area contributed by atoms with E-state index >= 15 is 0 Å². The molecule has 2 N–H and O–H groups in total. The first-order chi connectivity index (χ1) is 9.10. The van der Waals surface area contributed by atoms with Gasteiger partial charge in [-0.3, -0.25) is 0 Å². The van der Waals surface area contributed by atoms with Gasteiger partial charge in [0.25, 0.3) is 0 Å². The van der Waals surface area contributed by atoms with Gasteiger partial charge in [0, 0.05) is 21.1 Å². The summed E-state index contributed by atoms with van der Waals surface area (Å²) >= 11 is 3.42. The minimum absolute atomic E-state index is 0.102. The Morgan fingerprint density at radius 3 is 2.89 bits per heavy atom. The largest absolute Gasteiger partial charge is 0.490 e. The molecule has 1 heterocycles. The molecule has 5 heteroatoms. The van der Waals surface area contributed by atoms with Crippen LogP contribution < -0.4 is 0 Å². The predicted molar refractivity (Wildman–Crippen MR) is 77.8 cm³/mol. The van der Waals surface area contributed by atoms with Crippen LogP contribution in [0.25, 0.3) is 17.0 Å². The number of hydrogen-bond acceptors (Lipinski definition) is 2. The van der Waals surface area contributed by atoms with Gasteiger partial charge in [-0.25, -0.2) is 4.79 Å². The van der Waals surface area contributed by atoms with E-state index in [0.717, 1.165) is 21.1 Å². The van der Waals surface area contributed by atoms with E-state index < -0.39 is 5.97 Å². The van der Waals surface area contributed by atoms with Crippen molar-refractivity contribution in [1.29, 1.82) is 0 Å². The number of aliphatic carboxylic acids is 1. The first kappa shape index (κ1) is 13.4. The number of hydrogen-bond donors (Lipinski definition) is 2. The molecular formula is C14H12BrNO3.